The van der Waals surface area contributed by atoms with E-state index in [9.17, 15) is 9.59 Å². The molecule has 1 aliphatic heterocycles. The van der Waals surface area contributed by atoms with Gasteiger partial charge in [0.2, 0.25) is 11.8 Å². The van der Waals surface area contributed by atoms with Crippen LogP contribution in [0.5, 0.6) is 0 Å². The van der Waals surface area contributed by atoms with Crippen LogP contribution in [0, 0.1) is 5.92 Å². The number of piperidine rings is 1. The van der Waals surface area contributed by atoms with E-state index in [0.717, 1.165) is 37.1 Å². The maximum atomic E-state index is 13.2. The third-order valence-corrected chi connectivity index (χ3v) is 6.49. The van der Waals surface area contributed by atoms with Crippen molar-refractivity contribution < 1.29 is 14.0 Å². The number of amides is 2. The zero-order valence-corrected chi connectivity index (χ0v) is 19.9. The first-order chi connectivity index (χ1) is 17.6. The van der Waals surface area contributed by atoms with Crippen LogP contribution in [0.3, 0.4) is 0 Å². The second-order valence-corrected chi connectivity index (χ2v) is 9.07. The Kier molecular flexibility index (Phi) is 6.91. The van der Waals surface area contributed by atoms with Crippen molar-refractivity contribution in [1.82, 2.24) is 9.88 Å². The molecule has 7 nitrogen and oxygen atoms in total. The van der Waals surface area contributed by atoms with E-state index in [1.807, 2.05) is 72.8 Å². The van der Waals surface area contributed by atoms with Crippen molar-refractivity contribution in [3.63, 3.8) is 0 Å². The van der Waals surface area contributed by atoms with E-state index < -0.39 is 0 Å². The topological polar surface area (TPSA) is 101 Å². The van der Waals surface area contributed by atoms with Gasteiger partial charge in [-0.25, -0.2) is 4.98 Å². The van der Waals surface area contributed by atoms with Crippen LogP contribution in [0.25, 0.3) is 22.8 Å². The van der Waals surface area contributed by atoms with Crippen LogP contribution in [0.1, 0.15) is 28.8 Å². The zero-order chi connectivity index (χ0) is 24.9. The Labute approximate surface area is 210 Å². The number of hydrogen-bond acceptors (Lipinski definition) is 5. The fourth-order valence-electron chi connectivity index (χ4n) is 4.58. The smallest absolute Gasteiger partial charge is 0.256 e. The van der Waals surface area contributed by atoms with Crippen LogP contribution in [0.2, 0.25) is 0 Å². The normalized spacial score (nSPS) is 15.9. The van der Waals surface area contributed by atoms with Crippen molar-refractivity contribution in [1.29, 1.82) is 0 Å². The van der Waals surface area contributed by atoms with Crippen LogP contribution >= 0.6 is 0 Å². The minimum atomic E-state index is -0.238. The maximum absolute atomic E-state index is 13.2. The van der Waals surface area contributed by atoms with E-state index in [4.69, 9.17) is 10.2 Å². The van der Waals surface area contributed by atoms with Gasteiger partial charge in [0.25, 0.3) is 5.91 Å². The summed E-state index contributed by atoms with van der Waals surface area (Å²) in [5.41, 5.74) is 9.35. The number of nitrogens with zero attached hydrogens (tertiary/aromatic N) is 2. The second kappa shape index (κ2) is 10.6. The van der Waals surface area contributed by atoms with Gasteiger partial charge in [0, 0.05) is 29.9 Å². The first-order valence-corrected chi connectivity index (χ1v) is 12.1. The minimum absolute atomic E-state index is 0.0789. The number of primary amides is 1. The van der Waals surface area contributed by atoms with Gasteiger partial charge in [-0.2, -0.15) is 0 Å². The molecule has 1 aromatic heterocycles. The van der Waals surface area contributed by atoms with Crippen LogP contribution in [-0.2, 0) is 11.3 Å². The third-order valence-electron chi connectivity index (χ3n) is 6.49. The molecule has 3 N–H and O–H groups in total. The molecule has 3 aromatic carbocycles. The quantitative estimate of drug-likeness (QED) is 0.389. The van der Waals surface area contributed by atoms with E-state index >= 15 is 0 Å². The number of nitrogens with one attached hydrogen (secondary N) is 1. The first-order valence-electron chi connectivity index (χ1n) is 12.1. The van der Waals surface area contributed by atoms with E-state index in [1.54, 1.807) is 12.3 Å². The number of oxazole rings is 1. The summed E-state index contributed by atoms with van der Waals surface area (Å²) in [6.45, 7) is 2.39. The number of carbonyl (C=O) groups is 2. The predicted octanol–water partition coefficient (Wildman–Crippen LogP) is 4.96. The highest BCUT2D eigenvalue weighted by Crippen LogP contribution is 2.29. The van der Waals surface area contributed by atoms with Crippen molar-refractivity contribution >= 4 is 17.5 Å². The Bertz CT molecular complexity index is 1350. The Morgan fingerprint density at radius 3 is 2.53 bits per heavy atom. The summed E-state index contributed by atoms with van der Waals surface area (Å²) < 4.78 is 5.98. The average Bonchev–Trinajstić information content (AvgIpc) is 3.41. The Morgan fingerprint density at radius 1 is 1.00 bits per heavy atom. The molecule has 1 fully saturated rings. The van der Waals surface area contributed by atoms with Gasteiger partial charge in [-0.3, -0.25) is 14.5 Å². The third kappa shape index (κ3) is 5.37. The Hall–Kier alpha value is -4.23. The maximum Gasteiger partial charge on any atom is 0.256 e. The number of benzene rings is 3. The minimum Gasteiger partial charge on any atom is -0.436 e. The molecule has 1 saturated heterocycles. The van der Waals surface area contributed by atoms with Crippen molar-refractivity contribution in [2.45, 2.75) is 19.4 Å². The van der Waals surface area contributed by atoms with Crippen molar-refractivity contribution in [2.75, 3.05) is 18.4 Å². The Morgan fingerprint density at radius 2 is 1.75 bits per heavy atom. The highest BCUT2D eigenvalue weighted by atomic mass is 16.4. The van der Waals surface area contributed by atoms with Gasteiger partial charge >= 0.3 is 0 Å². The largest absolute Gasteiger partial charge is 0.436 e. The number of carbonyl (C=O) groups excluding carboxylic acids is 2. The molecule has 182 valence electrons. The second-order valence-electron chi connectivity index (χ2n) is 9.07. The summed E-state index contributed by atoms with van der Waals surface area (Å²) in [5.74, 6) is 0.500. The molecule has 1 aliphatic rings. The summed E-state index contributed by atoms with van der Waals surface area (Å²) in [4.78, 5) is 31.4. The lowest BCUT2D eigenvalue weighted by Gasteiger charge is -2.31. The van der Waals surface area contributed by atoms with Crippen LogP contribution in [-0.4, -0.2) is 34.8 Å². The number of likely N-dealkylation sites (tertiary alicyclic amines) is 1. The molecule has 7 heteroatoms. The lowest BCUT2D eigenvalue weighted by atomic mass is 9.97. The van der Waals surface area contributed by atoms with Crippen molar-refractivity contribution in [2.24, 2.45) is 11.7 Å². The van der Waals surface area contributed by atoms with Gasteiger partial charge in [0.1, 0.15) is 0 Å². The lowest BCUT2D eigenvalue weighted by molar-refractivity contribution is -0.123. The van der Waals surface area contributed by atoms with Crippen molar-refractivity contribution in [3.8, 4) is 22.8 Å². The average molecular weight is 481 g/mol. The molecular formula is C29H28N4O3. The number of nitrogens with two attached hydrogens (primary N) is 1. The first kappa shape index (κ1) is 23.5. The number of hydrogen-bond donors (Lipinski definition) is 2. The monoisotopic (exact) mass is 480 g/mol. The fourth-order valence-corrected chi connectivity index (χ4v) is 4.58. The summed E-state index contributed by atoms with van der Waals surface area (Å²) in [5, 5.41) is 2.98. The molecule has 2 heterocycles. The highest BCUT2D eigenvalue weighted by molar-refractivity contribution is 6.08. The molecule has 0 bridgehead atoms. The summed E-state index contributed by atoms with van der Waals surface area (Å²) in [6, 6.07) is 24.8. The summed E-state index contributed by atoms with van der Waals surface area (Å²) >= 11 is 0. The molecule has 0 radical (unpaired) electrons. The molecule has 36 heavy (non-hydrogen) atoms. The van der Waals surface area contributed by atoms with Gasteiger partial charge < -0.3 is 15.5 Å². The molecule has 0 aliphatic carbocycles. The molecular weight excluding hydrogens is 452 g/mol. The molecule has 1 unspecified atom stereocenters. The lowest BCUT2D eigenvalue weighted by Crippen LogP contribution is -2.40. The van der Waals surface area contributed by atoms with E-state index in [1.165, 1.54) is 0 Å². The molecule has 5 rings (SSSR count). The van der Waals surface area contributed by atoms with Gasteiger partial charge in [-0.05, 0) is 49.2 Å². The van der Waals surface area contributed by atoms with Crippen LogP contribution < -0.4 is 11.1 Å². The molecule has 0 spiro atoms. The predicted molar refractivity (Wildman–Crippen MR) is 139 cm³/mol. The Balaban J connectivity index is 1.27. The summed E-state index contributed by atoms with van der Waals surface area (Å²) in [6.07, 6.45) is 3.50. The van der Waals surface area contributed by atoms with Gasteiger partial charge in [-0.1, -0.05) is 54.6 Å². The molecule has 4 aromatic rings. The van der Waals surface area contributed by atoms with E-state index in [0.29, 0.717) is 35.0 Å². The number of anilines is 1. The number of aromatic nitrogens is 1. The van der Waals surface area contributed by atoms with Crippen LogP contribution in [0.4, 0.5) is 5.69 Å². The molecule has 2 amide bonds. The van der Waals surface area contributed by atoms with Crippen molar-refractivity contribution in [3.05, 3.63) is 96.2 Å². The fraction of sp³-hybridized carbons (Fsp3) is 0.207. The molecule has 1 atom stereocenters. The van der Waals surface area contributed by atoms with Crippen LogP contribution in [0.15, 0.2) is 89.5 Å². The zero-order valence-electron chi connectivity index (χ0n) is 19.9. The summed E-state index contributed by atoms with van der Waals surface area (Å²) in [7, 11) is 0. The van der Waals surface area contributed by atoms with Gasteiger partial charge in [0.15, 0.2) is 5.76 Å². The van der Waals surface area contributed by atoms with E-state index in [2.05, 4.69) is 15.2 Å². The number of rotatable bonds is 7. The van der Waals surface area contributed by atoms with Gasteiger partial charge in [0.05, 0.1) is 17.7 Å². The molecule has 0 saturated carbocycles. The van der Waals surface area contributed by atoms with E-state index in [-0.39, 0.29) is 17.7 Å². The highest BCUT2D eigenvalue weighted by Gasteiger charge is 2.24. The SMILES string of the molecule is NC(=O)C1CCCN(Cc2ccc(NC(=O)c3ccccc3-c3ncc(-c4ccccc4)o3)cc2)C1. The van der Waals surface area contributed by atoms with Gasteiger partial charge in [-0.15, -0.1) is 0 Å². The standard InChI is InChI=1S/C29H28N4O3/c30-27(34)22-9-6-16-33(19-22)18-20-12-14-23(15-13-20)32-28(35)24-10-4-5-11-25(24)29-31-17-26(36-29)21-7-2-1-3-8-21/h1-5,7-8,10-15,17,22H,6,9,16,18-19H2,(H2,30,34)(H,32,35).